The zero-order valence-corrected chi connectivity index (χ0v) is 19.5. The number of nitrogens with zero attached hydrogens (tertiary/aromatic N) is 1. The van der Waals surface area contributed by atoms with Crippen LogP contribution in [0.15, 0.2) is 79.0 Å². The number of para-hydroxylation sites is 1. The van der Waals surface area contributed by atoms with Crippen LogP contribution in [-0.2, 0) is 16.8 Å². The first-order valence-electron chi connectivity index (χ1n) is 12.6. The van der Waals surface area contributed by atoms with Gasteiger partial charge in [0.25, 0.3) is 0 Å². The molecule has 34 heavy (non-hydrogen) atoms. The molecular formula is C30H31FN2O. The molecule has 1 unspecified atom stereocenters. The van der Waals surface area contributed by atoms with Crippen molar-refractivity contribution in [3.05, 3.63) is 102 Å². The molecule has 1 saturated heterocycles. The van der Waals surface area contributed by atoms with E-state index in [1.54, 1.807) is 0 Å². The fraction of sp³-hybridized carbons (Fsp3) is 0.333. The minimum Gasteiger partial charge on any atom is -0.362 e. The van der Waals surface area contributed by atoms with Gasteiger partial charge in [0.15, 0.2) is 0 Å². The maximum absolute atomic E-state index is 13.4. The van der Waals surface area contributed by atoms with Gasteiger partial charge in [-0.3, -0.25) is 0 Å². The van der Waals surface area contributed by atoms with Crippen molar-refractivity contribution < 1.29 is 9.13 Å². The first-order chi connectivity index (χ1) is 16.7. The second-order valence-corrected chi connectivity index (χ2v) is 9.70. The third-order valence-electron chi connectivity index (χ3n) is 7.64. The fourth-order valence-electron chi connectivity index (χ4n) is 5.93. The highest BCUT2D eigenvalue weighted by atomic mass is 19.1. The van der Waals surface area contributed by atoms with E-state index in [0.29, 0.717) is 0 Å². The van der Waals surface area contributed by atoms with Crippen LogP contribution in [0.2, 0.25) is 0 Å². The number of unbranched alkanes of at least 4 members (excludes halogenated alkanes) is 1. The Morgan fingerprint density at radius 1 is 0.912 bits per heavy atom. The van der Waals surface area contributed by atoms with Gasteiger partial charge in [-0.05, 0) is 92.2 Å². The Kier molecular flexibility index (Phi) is 5.72. The van der Waals surface area contributed by atoms with Crippen molar-refractivity contribution in [2.24, 2.45) is 0 Å². The largest absolute Gasteiger partial charge is 0.362 e. The molecule has 4 aromatic rings. The maximum atomic E-state index is 13.4. The zero-order chi connectivity index (χ0) is 23.0. The van der Waals surface area contributed by atoms with E-state index in [2.05, 4.69) is 64.6 Å². The van der Waals surface area contributed by atoms with Crippen LogP contribution in [-0.4, -0.2) is 17.7 Å². The highest BCUT2D eigenvalue weighted by molar-refractivity contribution is 5.85. The molecule has 0 saturated carbocycles. The molecular weight excluding hydrogens is 423 g/mol. The van der Waals surface area contributed by atoms with Gasteiger partial charge in [0, 0.05) is 17.3 Å². The number of nitrogens with one attached hydrogen (secondary N) is 1. The monoisotopic (exact) mass is 454 g/mol. The van der Waals surface area contributed by atoms with Crippen LogP contribution in [0, 0.1) is 5.82 Å². The lowest BCUT2D eigenvalue weighted by atomic mass is 9.84. The van der Waals surface area contributed by atoms with Gasteiger partial charge in [-0.15, -0.1) is 0 Å². The predicted octanol–water partition coefficient (Wildman–Crippen LogP) is 6.83. The number of hydrogen-bond acceptors (Lipinski definition) is 2. The van der Waals surface area contributed by atoms with E-state index in [0.717, 1.165) is 57.3 Å². The van der Waals surface area contributed by atoms with E-state index in [4.69, 9.17) is 4.74 Å². The van der Waals surface area contributed by atoms with Gasteiger partial charge in [0.1, 0.15) is 5.82 Å². The van der Waals surface area contributed by atoms with Crippen molar-refractivity contribution >= 4 is 10.9 Å². The summed E-state index contributed by atoms with van der Waals surface area (Å²) in [4.78, 5) is 0. The van der Waals surface area contributed by atoms with E-state index in [1.165, 1.54) is 39.7 Å². The second-order valence-electron chi connectivity index (χ2n) is 9.70. The van der Waals surface area contributed by atoms with Crippen LogP contribution in [0.3, 0.4) is 0 Å². The molecule has 1 atom stereocenters. The molecule has 2 aliphatic rings. The van der Waals surface area contributed by atoms with Crippen molar-refractivity contribution in [3.8, 4) is 5.69 Å². The summed E-state index contributed by atoms with van der Waals surface area (Å²) >= 11 is 0. The lowest BCUT2D eigenvalue weighted by Gasteiger charge is -2.34. The van der Waals surface area contributed by atoms with E-state index in [-0.39, 0.29) is 17.5 Å². The molecule has 1 fully saturated rings. The third-order valence-corrected chi connectivity index (χ3v) is 7.64. The number of hydrogen-bond donors (Lipinski definition) is 1. The van der Waals surface area contributed by atoms with Crippen molar-refractivity contribution in [2.45, 2.75) is 50.2 Å². The van der Waals surface area contributed by atoms with Crippen LogP contribution in [0.5, 0.6) is 0 Å². The molecule has 4 heteroatoms. The number of rotatable bonds is 6. The quantitative estimate of drug-likeness (QED) is 0.323. The molecule has 3 aromatic carbocycles. The lowest BCUT2D eigenvalue weighted by molar-refractivity contribution is -0.0972. The van der Waals surface area contributed by atoms with Crippen molar-refractivity contribution in [1.82, 2.24) is 9.88 Å². The number of aromatic nitrogens is 1. The number of fused-ring (bicyclic) bond motifs is 3. The van der Waals surface area contributed by atoms with Crippen LogP contribution in [0.1, 0.15) is 54.9 Å². The summed E-state index contributed by atoms with van der Waals surface area (Å²) in [5.74, 6) is -0.206. The van der Waals surface area contributed by atoms with E-state index in [1.807, 2.05) is 12.1 Å². The van der Waals surface area contributed by atoms with Gasteiger partial charge < -0.3 is 14.6 Å². The molecule has 3 heterocycles. The minimum absolute atomic E-state index is 0.0882. The van der Waals surface area contributed by atoms with Gasteiger partial charge in [-0.25, -0.2) is 4.39 Å². The van der Waals surface area contributed by atoms with Crippen LogP contribution in [0.4, 0.5) is 4.39 Å². The summed E-state index contributed by atoms with van der Waals surface area (Å²) in [7, 11) is 0. The number of halogens is 1. The van der Waals surface area contributed by atoms with Crippen LogP contribution < -0.4 is 5.32 Å². The smallest absolute Gasteiger partial charge is 0.123 e. The molecule has 6 rings (SSSR count). The molecule has 1 N–H and O–H groups in total. The Balaban J connectivity index is 1.16. The molecule has 174 valence electrons. The molecule has 0 bridgehead atoms. The summed E-state index contributed by atoms with van der Waals surface area (Å²) < 4.78 is 22.4. The summed E-state index contributed by atoms with van der Waals surface area (Å²) in [5.41, 5.74) is 6.25. The predicted molar refractivity (Wildman–Crippen MR) is 135 cm³/mol. The summed E-state index contributed by atoms with van der Waals surface area (Å²) in [6.07, 6.45) is 8.88. The highest BCUT2D eigenvalue weighted by Crippen LogP contribution is 2.49. The second kappa shape index (κ2) is 9.01. The number of benzene rings is 3. The number of piperidine rings is 1. The first kappa shape index (κ1) is 21.6. The Labute approximate surface area is 200 Å². The normalized spacial score (nSPS) is 19.0. The first-order valence-corrected chi connectivity index (χ1v) is 12.6. The minimum atomic E-state index is -0.206. The van der Waals surface area contributed by atoms with Gasteiger partial charge in [-0.2, -0.15) is 0 Å². The number of ether oxygens (including phenoxy) is 1. The fourth-order valence-corrected chi connectivity index (χ4v) is 5.93. The van der Waals surface area contributed by atoms with Gasteiger partial charge >= 0.3 is 0 Å². The van der Waals surface area contributed by atoms with Gasteiger partial charge in [0.05, 0.1) is 17.2 Å². The van der Waals surface area contributed by atoms with Crippen molar-refractivity contribution in [1.29, 1.82) is 0 Å². The Hall–Kier alpha value is -2.95. The summed E-state index contributed by atoms with van der Waals surface area (Å²) in [6, 6.07) is 24.1. The van der Waals surface area contributed by atoms with Gasteiger partial charge in [0.2, 0.25) is 0 Å². The van der Waals surface area contributed by atoms with Crippen molar-refractivity contribution in [3.63, 3.8) is 0 Å². The molecule has 1 aromatic heterocycles. The molecule has 3 nitrogen and oxygen atoms in total. The van der Waals surface area contributed by atoms with Gasteiger partial charge in [-0.1, -0.05) is 48.9 Å². The topological polar surface area (TPSA) is 26.2 Å². The third kappa shape index (κ3) is 3.85. The summed E-state index contributed by atoms with van der Waals surface area (Å²) in [5, 5.41) is 4.76. The average molecular weight is 455 g/mol. The molecule has 2 aliphatic heterocycles. The summed E-state index contributed by atoms with van der Waals surface area (Å²) in [6.45, 7) is 2.05. The van der Waals surface area contributed by atoms with Crippen LogP contribution in [0.25, 0.3) is 16.6 Å². The Morgan fingerprint density at radius 3 is 2.53 bits per heavy atom. The highest BCUT2D eigenvalue weighted by Gasteiger charge is 2.44. The Morgan fingerprint density at radius 2 is 1.68 bits per heavy atom. The molecule has 0 amide bonds. The standard InChI is InChI=1S/C30H31FN2O/c31-23-13-15-24(16-14-23)33-21-22(25-8-3-5-11-28(25)33)7-1-6-12-29-26-9-2-4-10-27(26)30(34-29)17-19-32-20-18-30/h2-5,8-11,13-16,21,29,32H,1,6-7,12,17-20H2. The van der Waals surface area contributed by atoms with E-state index >= 15 is 0 Å². The van der Waals surface area contributed by atoms with E-state index in [9.17, 15) is 4.39 Å². The molecule has 0 radical (unpaired) electrons. The van der Waals surface area contributed by atoms with Crippen molar-refractivity contribution in [2.75, 3.05) is 13.1 Å². The van der Waals surface area contributed by atoms with Crippen LogP contribution >= 0.6 is 0 Å². The van der Waals surface area contributed by atoms with E-state index < -0.39 is 0 Å². The average Bonchev–Trinajstić information content (AvgIpc) is 3.39. The SMILES string of the molecule is Fc1ccc(-n2cc(CCCCC3OC4(CCNCC4)c4ccccc43)c3ccccc32)cc1. The maximum Gasteiger partial charge on any atom is 0.123 e. The Bertz CT molecular complexity index is 1290. The number of aryl methyl sites for hydroxylation is 1. The molecule has 0 aliphatic carbocycles. The molecule has 1 spiro atoms. The zero-order valence-electron chi connectivity index (χ0n) is 19.5. The lowest BCUT2D eigenvalue weighted by Crippen LogP contribution is -2.39.